The summed E-state index contributed by atoms with van der Waals surface area (Å²) in [5.41, 5.74) is 7.47. The predicted octanol–water partition coefficient (Wildman–Crippen LogP) is 7.36. The van der Waals surface area contributed by atoms with E-state index in [4.69, 9.17) is 28.3 Å². The standard InChI is InChI=1S/C30H23Cl2N7O/c1-17-4-3-5-21(12-17)22-10-11-26-27(15-22)39(36-28(26)23-13-24(31)16-25(32)14-23)18(2)19-6-8-20(9-7-19)29(40)33-30-34-37-38-35-30/h3-16,18H,1-2H3,(H2,33,34,35,37,38,40)/t18-/m0/s1. The Morgan fingerprint density at radius 1 is 0.900 bits per heavy atom. The first kappa shape index (κ1) is 25.7. The summed E-state index contributed by atoms with van der Waals surface area (Å²) in [6.45, 7) is 4.16. The number of nitrogens with zero attached hydrogens (tertiary/aromatic N) is 5. The molecule has 1 amide bonds. The van der Waals surface area contributed by atoms with Crippen molar-refractivity contribution in [2.45, 2.75) is 19.9 Å². The van der Waals surface area contributed by atoms with Gasteiger partial charge in [-0.3, -0.25) is 14.8 Å². The SMILES string of the molecule is Cc1cccc(-c2ccc3c(-c4cc(Cl)cc(Cl)c4)nn([C@@H](C)c4ccc(C(=O)Nc5nn[nH]n5)cc4)c3c2)c1. The van der Waals surface area contributed by atoms with E-state index < -0.39 is 0 Å². The summed E-state index contributed by atoms with van der Waals surface area (Å²) in [6.07, 6.45) is 0. The van der Waals surface area contributed by atoms with Gasteiger partial charge in [-0.25, -0.2) is 0 Å². The lowest BCUT2D eigenvalue weighted by Crippen LogP contribution is -2.14. The highest BCUT2D eigenvalue weighted by Gasteiger charge is 2.20. The molecule has 2 N–H and O–H groups in total. The zero-order valence-electron chi connectivity index (χ0n) is 21.6. The predicted molar refractivity (Wildman–Crippen MR) is 158 cm³/mol. The number of hydrogen-bond donors (Lipinski definition) is 2. The van der Waals surface area contributed by atoms with Crippen LogP contribution in [0.25, 0.3) is 33.3 Å². The molecule has 6 rings (SSSR count). The van der Waals surface area contributed by atoms with E-state index in [9.17, 15) is 4.79 Å². The van der Waals surface area contributed by atoms with E-state index in [1.165, 1.54) is 5.56 Å². The molecular weight excluding hydrogens is 545 g/mol. The lowest BCUT2D eigenvalue weighted by atomic mass is 10.0. The maximum absolute atomic E-state index is 12.6. The summed E-state index contributed by atoms with van der Waals surface area (Å²) in [7, 11) is 0. The minimum Gasteiger partial charge on any atom is -0.288 e. The molecule has 2 heterocycles. The molecule has 0 aliphatic heterocycles. The lowest BCUT2D eigenvalue weighted by molar-refractivity contribution is 0.102. The molecule has 0 radical (unpaired) electrons. The number of amides is 1. The Kier molecular flexibility index (Phi) is 6.79. The van der Waals surface area contributed by atoms with Gasteiger partial charge in [0.05, 0.1) is 11.6 Å². The van der Waals surface area contributed by atoms with Gasteiger partial charge in [0.25, 0.3) is 11.9 Å². The number of aromatic nitrogens is 6. The van der Waals surface area contributed by atoms with Crippen molar-refractivity contribution in [1.29, 1.82) is 0 Å². The molecule has 0 saturated heterocycles. The summed E-state index contributed by atoms with van der Waals surface area (Å²) in [5.74, 6) is -0.212. The number of carbonyl (C=O) groups is 1. The first-order chi connectivity index (χ1) is 19.4. The Morgan fingerprint density at radius 2 is 1.65 bits per heavy atom. The maximum atomic E-state index is 12.6. The number of nitrogens with one attached hydrogen (secondary N) is 2. The number of aromatic amines is 1. The number of H-pyrrole nitrogens is 1. The van der Waals surface area contributed by atoms with Crippen molar-refractivity contribution in [2.75, 3.05) is 5.32 Å². The molecule has 0 spiro atoms. The van der Waals surface area contributed by atoms with E-state index in [0.717, 1.165) is 38.9 Å². The summed E-state index contributed by atoms with van der Waals surface area (Å²) in [6, 6.07) is 27.5. The summed E-state index contributed by atoms with van der Waals surface area (Å²) >= 11 is 12.7. The highest BCUT2D eigenvalue weighted by Crippen LogP contribution is 2.36. The van der Waals surface area contributed by atoms with Crippen LogP contribution in [0, 0.1) is 6.92 Å². The molecule has 0 aliphatic rings. The van der Waals surface area contributed by atoms with Crippen LogP contribution in [-0.4, -0.2) is 36.3 Å². The molecule has 198 valence electrons. The van der Waals surface area contributed by atoms with Crippen LogP contribution in [0.5, 0.6) is 0 Å². The second-order valence-electron chi connectivity index (χ2n) is 9.54. The first-order valence-corrected chi connectivity index (χ1v) is 13.3. The van der Waals surface area contributed by atoms with Gasteiger partial charge in [-0.05, 0) is 78.2 Å². The van der Waals surface area contributed by atoms with Gasteiger partial charge >= 0.3 is 0 Å². The minimum absolute atomic E-state index is 0.114. The normalized spacial score (nSPS) is 12.0. The van der Waals surface area contributed by atoms with Gasteiger partial charge in [0, 0.05) is 26.6 Å². The third-order valence-electron chi connectivity index (χ3n) is 6.79. The Hall–Kier alpha value is -4.53. The van der Waals surface area contributed by atoms with Crippen LogP contribution in [0.2, 0.25) is 10.0 Å². The molecule has 6 aromatic rings. The van der Waals surface area contributed by atoms with Crippen molar-refractivity contribution in [3.8, 4) is 22.4 Å². The minimum atomic E-state index is -0.326. The van der Waals surface area contributed by atoms with Gasteiger partial charge in [0.15, 0.2) is 0 Å². The van der Waals surface area contributed by atoms with Crippen LogP contribution in [0.3, 0.4) is 0 Å². The van der Waals surface area contributed by atoms with Gasteiger partial charge in [-0.1, -0.05) is 76.3 Å². The van der Waals surface area contributed by atoms with Gasteiger partial charge in [0.2, 0.25) is 0 Å². The van der Waals surface area contributed by atoms with Crippen molar-refractivity contribution < 1.29 is 4.79 Å². The zero-order valence-corrected chi connectivity index (χ0v) is 23.1. The number of rotatable bonds is 6. The van der Waals surface area contributed by atoms with Crippen LogP contribution in [-0.2, 0) is 0 Å². The molecule has 10 heteroatoms. The Morgan fingerprint density at radius 3 is 2.35 bits per heavy atom. The molecule has 0 aliphatic carbocycles. The number of halogens is 2. The van der Waals surface area contributed by atoms with Crippen molar-refractivity contribution in [3.63, 3.8) is 0 Å². The highest BCUT2D eigenvalue weighted by molar-refractivity contribution is 6.35. The van der Waals surface area contributed by atoms with E-state index in [1.54, 1.807) is 18.2 Å². The Labute approximate surface area is 239 Å². The lowest BCUT2D eigenvalue weighted by Gasteiger charge is -2.15. The van der Waals surface area contributed by atoms with Gasteiger partial charge in [0.1, 0.15) is 5.69 Å². The number of anilines is 1. The van der Waals surface area contributed by atoms with Crippen molar-refractivity contribution in [2.24, 2.45) is 0 Å². The van der Waals surface area contributed by atoms with Gasteiger partial charge < -0.3 is 0 Å². The summed E-state index contributed by atoms with van der Waals surface area (Å²) in [5, 5.41) is 23.0. The molecule has 2 aromatic heterocycles. The van der Waals surface area contributed by atoms with Gasteiger partial charge in [-0.15, -0.1) is 5.10 Å². The Balaban J connectivity index is 1.42. The number of carbonyl (C=O) groups excluding carboxylic acids is 1. The van der Waals surface area contributed by atoms with E-state index >= 15 is 0 Å². The second kappa shape index (κ2) is 10.6. The fourth-order valence-electron chi connectivity index (χ4n) is 4.78. The quantitative estimate of drug-likeness (QED) is 0.219. The molecule has 8 nitrogen and oxygen atoms in total. The summed E-state index contributed by atoms with van der Waals surface area (Å²) in [4.78, 5) is 12.6. The first-order valence-electron chi connectivity index (χ1n) is 12.6. The molecule has 1 atom stereocenters. The molecule has 0 saturated carbocycles. The van der Waals surface area contributed by atoms with Gasteiger partial charge in [-0.2, -0.15) is 10.3 Å². The average molecular weight is 568 g/mol. The van der Waals surface area contributed by atoms with E-state index in [1.807, 2.05) is 28.9 Å². The highest BCUT2D eigenvalue weighted by atomic mass is 35.5. The smallest absolute Gasteiger partial charge is 0.270 e. The number of hydrogen-bond acceptors (Lipinski definition) is 5. The Bertz CT molecular complexity index is 1830. The molecule has 0 fully saturated rings. The molecular formula is C30H23Cl2N7O. The van der Waals surface area contributed by atoms with Crippen molar-refractivity contribution in [1.82, 2.24) is 30.4 Å². The number of aryl methyl sites for hydroxylation is 1. The van der Waals surface area contributed by atoms with Crippen molar-refractivity contribution >= 4 is 46.0 Å². The third kappa shape index (κ3) is 5.06. The molecule has 4 aromatic carbocycles. The fourth-order valence-corrected chi connectivity index (χ4v) is 5.31. The fraction of sp³-hybridized carbons (Fsp3) is 0.100. The topological polar surface area (TPSA) is 101 Å². The van der Waals surface area contributed by atoms with Crippen LogP contribution < -0.4 is 5.32 Å². The monoisotopic (exact) mass is 567 g/mol. The molecule has 40 heavy (non-hydrogen) atoms. The maximum Gasteiger partial charge on any atom is 0.270 e. The molecule has 0 unspecified atom stereocenters. The van der Waals surface area contributed by atoms with E-state index in [-0.39, 0.29) is 17.9 Å². The second-order valence-corrected chi connectivity index (χ2v) is 10.4. The van der Waals surface area contributed by atoms with Crippen molar-refractivity contribution in [3.05, 3.63) is 112 Å². The van der Waals surface area contributed by atoms with E-state index in [0.29, 0.717) is 15.6 Å². The average Bonchev–Trinajstić information content (AvgIpc) is 3.60. The number of fused-ring (bicyclic) bond motifs is 1. The zero-order chi connectivity index (χ0) is 27.8. The van der Waals surface area contributed by atoms with Crippen LogP contribution in [0.1, 0.15) is 34.5 Å². The number of tetrazole rings is 1. The number of benzene rings is 4. The largest absolute Gasteiger partial charge is 0.288 e. The van der Waals surface area contributed by atoms with E-state index in [2.05, 4.69) is 82.3 Å². The molecule has 0 bridgehead atoms. The van der Waals surface area contributed by atoms with Crippen LogP contribution in [0.4, 0.5) is 5.95 Å². The van der Waals surface area contributed by atoms with Crippen LogP contribution in [0.15, 0.2) is 84.9 Å². The van der Waals surface area contributed by atoms with Crippen LogP contribution >= 0.6 is 23.2 Å². The summed E-state index contributed by atoms with van der Waals surface area (Å²) < 4.78 is 2.01. The third-order valence-corrected chi connectivity index (χ3v) is 7.22.